The van der Waals surface area contributed by atoms with Crippen molar-refractivity contribution in [3.63, 3.8) is 0 Å². The number of fused-ring (bicyclic) bond motifs is 1. The lowest BCUT2D eigenvalue weighted by atomic mass is 9.80. The molecule has 0 radical (unpaired) electrons. The predicted molar refractivity (Wildman–Crippen MR) is 110 cm³/mol. The summed E-state index contributed by atoms with van der Waals surface area (Å²) in [6, 6.07) is 10.3. The monoisotopic (exact) mass is 434 g/mol. The number of aliphatic hydroxyl groups is 1. The van der Waals surface area contributed by atoms with Crippen molar-refractivity contribution < 1.29 is 22.7 Å². The van der Waals surface area contributed by atoms with Gasteiger partial charge in [0.1, 0.15) is 16.9 Å². The highest BCUT2D eigenvalue weighted by Gasteiger charge is 2.51. The Morgan fingerprint density at radius 1 is 1.23 bits per heavy atom. The number of H-pyrrole nitrogens is 1. The zero-order valence-corrected chi connectivity index (χ0v) is 17.5. The van der Waals surface area contributed by atoms with E-state index in [1.165, 1.54) is 38.1 Å². The fourth-order valence-electron chi connectivity index (χ4n) is 3.44. The summed E-state index contributed by atoms with van der Waals surface area (Å²) in [5.74, 6) is -2.63. The van der Waals surface area contributed by atoms with Crippen LogP contribution in [-0.2, 0) is 14.8 Å². The lowest BCUT2D eigenvalue weighted by Gasteiger charge is -2.38. The van der Waals surface area contributed by atoms with Crippen LogP contribution in [0.2, 0.25) is 0 Å². The Labute approximate surface area is 173 Å². The normalized spacial score (nSPS) is 16.2. The number of imidazole rings is 1. The number of benzene rings is 2. The molecule has 2 unspecified atom stereocenters. The number of sulfonamides is 1. The summed E-state index contributed by atoms with van der Waals surface area (Å²) in [6.45, 7) is 4.53. The molecule has 1 heterocycles. The van der Waals surface area contributed by atoms with Crippen LogP contribution < -0.4 is 10.5 Å². The fraction of sp³-hybridized carbons (Fsp3) is 0.300. The van der Waals surface area contributed by atoms with Crippen LogP contribution in [0.4, 0.5) is 4.39 Å². The number of hydrogen-bond acceptors (Lipinski definition) is 5. The molecule has 160 valence electrons. The number of rotatable bonds is 7. The number of primary amides is 1. The molecule has 10 heteroatoms. The Hall–Kier alpha value is -2.82. The number of halogens is 1. The van der Waals surface area contributed by atoms with Crippen LogP contribution in [0.1, 0.15) is 31.2 Å². The quantitative estimate of drug-likeness (QED) is 0.448. The number of amides is 1. The zero-order chi connectivity index (χ0) is 22.3. The summed E-state index contributed by atoms with van der Waals surface area (Å²) in [4.78, 5) is 19.5. The van der Waals surface area contributed by atoms with Crippen LogP contribution >= 0.6 is 0 Å². The summed E-state index contributed by atoms with van der Waals surface area (Å²) >= 11 is 0. The first kappa shape index (κ1) is 21.9. The molecule has 8 nitrogen and oxygen atoms in total. The van der Waals surface area contributed by atoms with Crippen molar-refractivity contribution in [1.82, 2.24) is 14.7 Å². The molecular weight excluding hydrogens is 411 g/mol. The molecule has 5 N–H and O–H groups in total. The van der Waals surface area contributed by atoms with E-state index in [-0.39, 0.29) is 16.2 Å². The summed E-state index contributed by atoms with van der Waals surface area (Å²) < 4.78 is 42.4. The molecule has 2 aromatic carbocycles. The molecular formula is C20H23FN4O4S. The molecule has 0 fully saturated rings. The molecule has 0 saturated carbocycles. The highest BCUT2D eigenvalue weighted by molar-refractivity contribution is 7.89. The van der Waals surface area contributed by atoms with Gasteiger partial charge in [0.15, 0.2) is 5.82 Å². The maximum atomic E-state index is 14.1. The second kappa shape index (κ2) is 7.78. The van der Waals surface area contributed by atoms with E-state index in [1.54, 1.807) is 25.1 Å². The third-order valence-corrected chi connectivity index (χ3v) is 6.78. The molecule has 0 bridgehead atoms. The number of aliphatic hydroxyl groups excluding tert-OH is 1. The maximum absolute atomic E-state index is 14.1. The summed E-state index contributed by atoms with van der Waals surface area (Å²) in [6.07, 6.45) is -1.52. The number of nitrogens with zero attached hydrogens (tertiary/aromatic N) is 1. The number of nitrogens with one attached hydrogen (secondary N) is 2. The molecule has 0 spiro atoms. The Balaban J connectivity index is 2.12. The lowest BCUT2D eigenvalue weighted by molar-refractivity contribution is -0.129. The molecule has 0 saturated heterocycles. The van der Waals surface area contributed by atoms with E-state index in [2.05, 4.69) is 14.7 Å². The number of hydrogen-bond donors (Lipinski definition) is 4. The van der Waals surface area contributed by atoms with Gasteiger partial charge in [0.05, 0.1) is 16.5 Å². The number of carbonyl (C=O) groups excluding carboxylic acids is 1. The van der Waals surface area contributed by atoms with Crippen LogP contribution in [0.15, 0.2) is 47.4 Å². The van der Waals surface area contributed by atoms with E-state index in [0.29, 0.717) is 5.52 Å². The maximum Gasteiger partial charge on any atom is 0.242 e. The highest BCUT2D eigenvalue weighted by atomic mass is 32.2. The van der Waals surface area contributed by atoms with Gasteiger partial charge in [-0.2, -0.15) is 4.72 Å². The van der Waals surface area contributed by atoms with Crippen LogP contribution in [0.25, 0.3) is 11.0 Å². The van der Waals surface area contributed by atoms with Crippen molar-refractivity contribution in [3.8, 4) is 0 Å². The topological polar surface area (TPSA) is 138 Å². The van der Waals surface area contributed by atoms with Gasteiger partial charge in [0, 0.05) is 5.92 Å². The molecule has 30 heavy (non-hydrogen) atoms. The molecule has 1 amide bonds. The number of aromatic nitrogens is 2. The first-order valence-electron chi connectivity index (χ1n) is 9.21. The SMILES string of the molecule is Cc1ccc(S(=O)(=O)NC(C(N)=O)(C(C)O)[C@H](C)c2nc3c(F)cccc3[nH]2)cc1. The first-order chi connectivity index (χ1) is 14.0. The van der Waals surface area contributed by atoms with Crippen molar-refractivity contribution in [3.05, 3.63) is 59.7 Å². The molecule has 0 aliphatic carbocycles. The smallest absolute Gasteiger partial charge is 0.242 e. The second-order valence-corrected chi connectivity index (χ2v) is 8.99. The number of para-hydroxylation sites is 1. The van der Waals surface area contributed by atoms with Gasteiger partial charge in [-0.05, 0) is 38.1 Å². The fourth-order valence-corrected chi connectivity index (χ4v) is 4.95. The average molecular weight is 434 g/mol. The van der Waals surface area contributed by atoms with E-state index in [0.717, 1.165) is 5.56 Å². The van der Waals surface area contributed by atoms with Gasteiger partial charge < -0.3 is 15.8 Å². The minimum absolute atomic E-state index is 0.0321. The van der Waals surface area contributed by atoms with E-state index >= 15 is 0 Å². The van der Waals surface area contributed by atoms with Gasteiger partial charge in [0.2, 0.25) is 15.9 Å². The van der Waals surface area contributed by atoms with Crippen LogP contribution in [0, 0.1) is 12.7 Å². The van der Waals surface area contributed by atoms with Crippen LogP contribution in [0.5, 0.6) is 0 Å². The average Bonchev–Trinajstić information content (AvgIpc) is 3.11. The van der Waals surface area contributed by atoms with E-state index in [4.69, 9.17) is 5.73 Å². The zero-order valence-electron chi connectivity index (χ0n) is 16.7. The Kier molecular flexibility index (Phi) is 5.68. The Morgan fingerprint density at radius 2 is 1.87 bits per heavy atom. The lowest BCUT2D eigenvalue weighted by Crippen LogP contribution is -2.66. The third kappa shape index (κ3) is 3.69. The number of nitrogens with two attached hydrogens (primary N) is 1. The Morgan fingerprint density at radius 3 is 2.40 bits per heavy atom. The van der Waals surface area contributed by atoms with Gasteiger partial charge in [-0.15, -0.1) is 0 Å². The first-order valence-corrected chi connectivity index (χ1v) is 10.7. The summed E-state index contributed by atoms with van der Waals surface area (Å²) in [5, 5.41) is 10.5. The van der Waals surface area contributed by atoms with Crippen molar-refractivity contribution in [1.29, 1.82) is 0 Å². The molecule has 1 aromatic heterocycles. The van der Waals surface area contributed by atoms with Crippen molar-refractivity contribution in [2.45, 2.75) is 43.2 Å². The summed E-state index contributed by atoms with van der Waals surface area (Å²) in [7, 11) is -4.24. The van der Waals surface area contributed by atoms with E-state index in [1.807, 2.05) is 0 Å². The molecule has 3 atom stereocenters. The number of carbonyl (C=O) groups is 1. The molecule has 3 rings (SSSR count). The number of aromatic amines is 1. The molecule has 0 aliphatic heterocycles. The number of aryl methyl sites for hydroxylation is 1. The van der Waals surface area contributed by atoms with Crippen LogP contribution in [0.3, 0.4) is 0 Å². The van der Waals surface area contributed by atoms with Gasteiger partial charge in [-0.3, -0.25) is 4.79 Å². The van der Waals surface area contributed by atoms with Gasteiger partial charge in [-0.1, -0.05) is 30.7 Å². The minimum atomic E-state index is -4.24. The third-order valence-electron chi connectivity index (χ3n) is 5.28. The highest BCUT2D eigenvalue weighted by Crippen LogP contribution is 2.33. The standard InChI is InChI=1S/C20H23FN4O4S/c1-11-7-9-14(10-8-11)30(28,29)25-20(13(3)26,19(22)27)12(2)18-23-16-6-4-5-15(21)17(16)24-18/h4-10,12-13,25-26H,1-3H3,(H2,22,27)(H,23,24)/t12-,13?,20?/m1/s1. The van der Waals surface area contributed by atoms with E-state index < -0.39 is 39.3 Å². The summed E-state index contributed by atoms with van der Waals surface area (Å²) in [5.41, 5.74) is 4.70. The minimum Gasteiger partial charge on any atom is -0.391 e. The Bertz CT molecular complexity index is 1190. The van der Waals surface area contributed by atoms with Gasteiger partial charge in [0.25, 0.3) is 0 Å². The second-order valence-electron chi connectivity index (χ2n) is 7.31. The van der Waals surface area contributed by atoms with Crippen molar-refractivity contribution in [2.24, 2.45) is 5.73 Å². The van der Waals surface area contributed by atoms with Crippen molar-refractivity contribution >= 4 is 27.0 Å². The largest absolute Gasteiger partial charge is 0.391 e. The molecule has 3 aromatic rings. The molecule has 0 aliphatic rings. The predicted octanol–water partition coefficient (Wildman–Crippen LogP) is 1.70. The van der Waals surface area contributed by atoms with Gasteiger partial charge in [-0.25, -0.2) is 17.8 Å². The van der Waals surface area contributed by atoms with Crippen molar-refractivity contribution in [2.75, 3.05) is 0 Å². The van der Waals surface area contributed by atoms with E-state index in [9.17, 15) is 22.7 Å². The van der Waals surface area contributed by atoms with Gasteiger partial charge >= 0.3 is 0 Å². The van der Waals surface area contributed by atoms with Crippen LogP contribution in [-0.4, -0.2) is 41.0 Å².